The fraction of sp³-hybridized carbons (Fsp3) is 0. The molecule has 0 atom stereocenters. The largest absolute Gasteiger partial charge is 0.465 e. The van der Waals surface area contributed by atoms with Crippen LogP contribution >= 0.6 is 27.7 Å². The molecular weight excluding hydrogens is 476 g/mol. The monoisotopic (exact) mass is 488 g/mol. The standard InChI is InChI=1S/C19H13BrN4O5S/c20-12-2-8-17(21-10-12)23-18(25)11-1-7-16(15(9-11)24(28)29)30-14-5-3-13(4-6-14)22-19(26)27/h1-10,22H,(H,26,27)(H,21,23,25). The molecule has 9 nitrogen and oxygen atoms in total. The number of amides is 2. The van der Waals surface area contributed by atoms with E-state index in [0.29, 0.717) is 21.3 Å². The van der Waals surface area contributed by atoms with Gasteiger partial charge >= 0.3 is 6.09 Å². The molecule has 3 N–H and O–H groups in total. The minimum Gasteiger partial charge on any atom is -0.465 e. The van der Waals surface area contributed by atoms with Gasteiger partial charge in [-0.2, -0.15) is 0 Å². The summed E-state index contributed by atoms with van der Waals surface area (Å²) in [6.45, 7) is 0. The number of rotatable bonds is 6. The van der Waals surface area contributed by atoms with Crippen LogP contribution in [-0.2, 0) is 0 Å². The highest BCUT2D eigenvalue weighted by atomic mass is 79.9. The van der Waals surface area contributed by atoms with E-state index in [1.54, 1.807) is 36.4 Å². The molecule has 2 aromatic carbocycles. The quantitative estimate of drug-likeness (QED) is 0.318. The normalized spacial score (nSPS) is 10.3. The third-order valence-corrected chi connectivity index (χ3v) is 5.26. The lowest BCUT2D eigenvalue weighted by molar-refractivity contribution is -0.387. The number of halogens is 1. The van der Waals surface area contributed by atoms with E-state index in [9.17, 15) is 19.7 Å². The highest BCUT2D eigenvalue weighted by Gasteiger charge is 2.19. The Labute approximate surface area is 182 Å². The van der Waals surface area contributed by atoms with Gasteiger partial charge in [0.2, 0.25) is 0 Å². The SMILES string of the molecule is O=C(O)Nc1ccc(Sc2ccc(C(=O)Nc3ccc(Br)cn3)cc2[N+](=O)[O-])cc1. The van der Waals surface area contributed by atoms with Gasteiger partial charge in [0.05, 0.1) is 9.82 Å². The Kier molecular flexibility index (Phi) is 6.65. The summed E-state index contributed by atoms with van der Waals surface area (Å²) in [4.78, 5) is 39.1. The third kappa shape index (κ3) is 5.55. The van der Waals surface area contributed by atoms with Crippen molar-refractivity contribution in [1.82, 2.24) is 4.98 Å². The number of nitro benzene ring substituents is 1. The summed E-state index contributed by atoms with van der Waals surface area (Å²) in [5.41, 5.74) is 0.288. The number of hydrogen-bond acceptors (Lipinski definition) is 6. The van der Waals surface area contributed by atoms with E-state index in [1.165, 1.54) is 24.4 Å². The smallest absolute Gasteiger partial charge is 0.409 e. The molecule has 30 heavy (non-hydrogen) atoms. The van der Waals surface area contributed by atoms with Crippen LogP contribution in [0.1, 0.15) is 10.4 Å². The summed E-state index contributed by atoms with van der Waals surface area (Å²) in [7, 11) is 0. The Hall–Kier alpha value is -3.44. The van der Waals surface area contributed by atoms with Crippen molar-refractivity contribution in [2.24, 2.45) is 0 Å². The second-order valence-electron chi connectivity index (χ2n) is 5.81. The van der Waals surface area contributed by atoms with Gasteiger partial charge in [0.1, 0.15) is 5.82 Å². The molecule has 0 aliphatic rings. The Morgan fingerprint density at radius 1 is 1.07 bits per heavy atom. The molecule has 0 spiro atoms. The molecule has 0 radical (unpaired) electrons. The van der Waals surface area contributed by atoms with Crippen molar-refractivity contribution in [1.29, 1.82) is 0 Å². The molecule has 0 fully saturated rings. The number of nitro groups is 1. The van der Waals surface area contributed by atoms with Crippen LogP contribution in [0.15, 0.2) is 75.1 Å². The second-order valence-corrected chi connectivity index (χ2v) is 7.84. The third-order valence-electron chi connectivity index (χ3n) is 3.72. The zero-order chi connectivity index (χ0) is 21.7. The molecule has 0 saturated carbocycles. The first-order valence-corrected chi connectivity index (χ1v) is 9.92. The summed E-state index contributed by atoms with van der Waals surface area (Å²) in [6.07, 6.45) is 0.341. The van der Waals surface area contributed by atoms with Crippen molar-refractivity contribution in [3.05, 3.63) is 80.9 Å². The van der Waals surface area contributed by atoms with Gasteiger partial charge in [-0.1, -0.05) is 11.8 Å². The number of anilines is 2. The first kappa shape index (κ1) is 21.3. The van der Waals surface area contributed by atoms with Crippen LogP contribution in [0.3, 0.4) is 0 Å². The van der Waals surface area contributed by atoms with E-state index >= 15 is 0 Å². The van der Waals surface area contributed by atoms with Gasteiger partial charge in [0.25, 0.3) is 11.6 Å². The van der Waals surface area contributed by atoms with Crippen LogP contribution in [-0.4, -0.2) is 27.0 Å². The highest BCUT2D eigenvalue weighted by molar-refractivity contribution is 9.10. The van der Waals surface area contributed by atoms with E-state index in [0.717, 1.165) is 16.2 Å². The predicted octanol–water partition coefficient (Wildman–Crippen LogP) is 5.25. The molecule has 3 rings (SSSR count). The number of hydrogen-bond donors (Lipinski definition) is 3. The molecule has 0 aliphatic carbocycles. The topological polar surface area (TPSA) is 134 Å². The number of carboxylic acid groups (broad SMARTS) is 1. The van der Waals surface area contributed by atoms with Gasteiger partial charge in [-0.25, -0.2) is 9.78 Å². The van der Waals surface area contributed by atoms with Crippen molar-refractivity contribution < 1.29 is 19.6 Å². The van der Waals surface area contributed by atoms with E-state index in [4.69, 9.17) is 5.11 Å². The minimum atomic E-state index is -1.18. The zero-order valence-electron chi connectivity index (χ0n) is 15.0. The summed E-state index contributed by atoms with van der Waals surface area (Å²) in [5, 5.41) is 25.0. The lowest BCUT2D eigenvalue weighted by Gasteiger charge is -2.08. The Balaban J connectivity index is 1.79. The van der Waals surface area contributed by atoms with Crippen LogP contribution in [0, 0.1) is 10.1 Å². The van der Waals surface area contributed by atoms with Gasteiger partial charge in [-0.3, -0.25) is 20.2 Å². The maximum absolute atomic E-state index is 12.4. The fourth-order valence-corrected chi connectivity index (χ4v) is 3.52. The molecule has 1 heterocycles. The van der Waals surface area contributed by atoms with Crippen LogP contribution in [0.4, 0.5) is 22.0 Å². The molecule has 0 aliphatic heterocycles. The predicted molar refractivity (Wildman–Crippen MR) is 115 cm³/mol. The number of nitrogens with zero attached hydrogens (tertiary/aromatic N) is 2. The average molecular weight is 489 g/mol. The number of carbonyl (C=O) groups excluding carboxylic acids is 1. The first-order chi connectivity index (χ1) is 14.3. The Morgan fingerprint density at radius 3 is 2.40 bits per heavy atom. The summed E-state index contributed by atoms with van der Waals surface area (Å²) >= 11 is 4.38. The van der Waals surface area contributed by atoms with Crippen LogP contribution in [0.5, 0.6) is 0 Å². The van der Waals surface area contributed by atoms with Crippen molar-refractivity contribution >= 4 is 56.9 Å². The maximum atomic E-state index is 12.4. The molecule has 0 unspecified atom stereocenters. The fourth-order valence-electron chi connectivity index (χ4n) is 2.38. The average Bonchev–Trinajstić information content (AvgIpc) is 2.71. The molecule has 3 aromatic rings. The lowest BCUT2D eigenvalue weighted by atomic mass is 10.2. The molecule has 0 bridgehead atoms. The van der Waals surface area contributed by atoms with E-state index in [2.05, 4.69) is 31.5 Å². The second kappa shape index (κ2) is 9.37. The number of pyridine rings is 1. The highest BCUT2D eigenvalue weighted by Crippen LogP contribution is 2.36. The van der Waals surface area contributed by atoms with Crippen molar-refractivity contribution in [2.45, 2.75) is 9.79 Å². The number of nitrogens with one attached hydrogen (secondary N) is 2. The molecular formula is C19H13BrN4O5S. The molecule has 1 aromatic heterocycles. The van der Waals surface area contributed by atoms with Crippen LogP contribution in [0.25, 0.3) is 0 Å². The van der Waals surface area contributed by atoms with Gasteiger partial charge in [0.15, 0.2) is 0 Å². The Morgan fingerprint density at radius 2 is 1.80 bits per heavy atom. The summed E-state index contributed by atoms with van der Waals surface area (Å²) < 4.78 is 0.754. The van der Waals surface area contributed by atoms with Crippen LogP contribution < -0.4 is 10.6 Å². The molecule has 11 heteroatoms. The summed E-state index contributed by atoms with van der Waals surface area (Å²) in [6, 6.07) is 13.9. The van der Waals surface area contributed by atoms with E-state index in [1.807, 2.05) is 0 Å². The van der Waals surface area contributed by atoms with Gasteiger partial charge in [0, 0.05) is 32.9 Å². The van der Waals surface area contributed by atoms with Crippen molar-refractivity contribution in [3.63, 3.8) is 0 Å². The van der Waals surface area contributed by atoms with Gasteiger partial charge in [-0.05, 0) is 64.5 Å². The van der Waals surface area contributed by atoms with E-state index in [-0.39, 0.29) is 11.3 Å². The molecule has 152 valence electrons. The molecule has 0 saturated heterocycles. The van der Waals surface area contributed by atoms with Crippen LogP contribution in [0.2, 0.25) is 0 Å². The minimum absolute atomic E-state index is 0.122. The lowest BCUT2D eigenvalue weighted by Crippen LogP contribution is -2.13. The van der Waals surface area contributed by atoms with Crippen molar-refractivity contribution in [2.75, 3.05) is 10.6 Å². The van der Waals surface area contributed by atoms with E-state index < -0.39 is 16.9 Å². The maximum Gasteiger partial charge on any atom is 0.409 e. The van der Waals surface area contributed by atoms with Gasteiger partial charge < -0.3 is 10.4 Å². The zero-order valence-corrected chi connectivity index (χ0v) is 17.4. The number of aromatic nitrogens is 1. The number of carbonyl (C=O) groups is 2. The van der Waals surface area contributed by atoms with Crippen molar-refractivity contribution in [3.8, 4) is 0 Å². The van der Waals surface area contributed by atoms with Gasteiger partial charge in [-0.15, -0.1) is 0 Å². The Bertz CT molecular complexity index is 1110. The summed E-state index contributed by atoms with van der Waals surface area (Å²) in [5.74, 6) is -0.201. The first-order valence-electron chi connectivity index (χ1n) is 8.31. The molecule has 2 amide bonds. The number of benzene rings is 2.